The number of aromatic amines is 1. The Balaban J connectivity index is 2.33. The molecular formula is C10H8Cl2N2O. The van der Waals surface area contributed by atoms with E-state index in [2.05, 4.69) is 4.98 Å². The van der Waals surface area contributed by atoms with Crippen molar-refractivity contribution in [1.29, 1.82) is 0 Å². The van der Waals surface area contributed by atoms with Crippen molar-refractivity contribution in [3.05, 3.63) is 56.7 Å². The summed E-state index contributed by atoms with van der Waals surface area (Å²) >= 11 is 11.8. The van der Waals surface area contributed by atoms with Crippen LogP contribution in [0.15, 0.2) is 35.4 Å². The van der Waals surface area contributed by atoms with Crippen LogP contribution in [-0.2, 0) is 6.54 Å². The average Bonchev–Trinajstić information content (AvgIpc) is 2.57. The van der Waals surface area contributed by atoms with Gasteiger partial charge in [0.05, 0.1) is 6.54 Å². The predicted molar refractivity (Wildman–Crippen MR) is 60.6 cm³/mol. The van der Waals surface area contributed by atoms with Crippen LogP contribution < -0.4 is 5.69 Å². The van der Waals surface area contributed by atoms with E-state index in [4.69, 9.17) is 23.2 Å². The number of nitrogens with zero attached hydrogens (tertiary/aromatic N) is 1. The Morgan fingerprint density at radius 1 is 1.33 bits per heavy atom. The molecule has 1 aromatic carbocycles. The van der Waals surface area contributed by atoms with E-state index >= 15 is 0 Å². The molecule has 1 N–H and O–H groups in total. The lowest BCUT2D eigenvalue weighted by atomic mass is 10.2. The number of hydrogen-bond acceptors (Lipinski definition) is 1. The molecule has 2 aromatic rings. The Morgan fingerprint density at radius 2 is 2.13 bits per heavy atom. The highest BCUT2D eigenvalue weighted by Crippen LogP contribution is 2.21. The third kappa shape index (κ3) is 2.25. The molecule has 0 amide bonds. The summed E-state index contributed by atoms with van der Waals surface area (Å²) in [6.07, 6.45) is 3.26. The summed E-state index contributed by atoms with van der Waals surface area (Å²) in [5.41, 5.74) is 0.712. The van der Waals surface area contributed by atoms with Gasteiger partial charge in [0.25, 0.3) is 0 Å². The zero-order valence-corrected chi connectivity index (χ0v) is 9.22. The first kappa shape index (κ1) is 10.3. The van der Waals surface area contributed by atoms with Gasteiger partial charge < -0.3 is 4.98 Å². The predicted octanol–water partition coefficient (Wildman–Crippen LogP) is 2.53. The lowest BCUT2D eigenvalue weighted by Crippen LogP contribution is -2.16. The largest absolute Gasteiger partial charge is 0.325 e. The minimum Gasteiger partial charge on any atom is -0.313 e. The lowest BCUT2D eigenvalue weighted by Gasteiger charge is -2.04. The highest BCUT2D eigenvalue weighted by atomic mass is 35.5. The Kier molecular flexibility index (Phi) is 2.84. The van der Waals surface area contributed by atoms with Crippen LogP contribution in [0, 0.1) is 0 Å². The molecule has 0 bridgehead atoms. The van der Waals surface area contributed by atoms with Crippen molar-refractivity contribution in [3.63, 3.8) is 0 Å². The van der Waals surface area contributed by atoms with Gasteiger partial charge in [-0.3, -0.25) is 4.57 Å². The molecule has 0 aliphatic heterocycles. The number of rotatable bonds is 2. The molecule has 0 saturated carbocycles. The third-order valence-electron chi connectivity index (χ3n) is 2.08. The lowest BCUT2D eigenvalue weighted by molar-refractivity contribution is 0.762. The van der Waals surface area contributed by atoms with E-state index in [0.717, 1.165) is 5.56 Å². The fourth-order valence-electron chi connectivity index (χ4n) is 1.31. The number of hydrogen-bond donors (Lipinski definition) is 1. The van der Waals surface area contributed by atoms with Crippen LogP contribution in [0.25, 0.3) is 0 Å². The third-order valence-corrected chi connectivity index (χ3v) is 2.66. The van der Waals surface area contributed by atoms with Crippen LogP contribution >= 0.6 is 23.2 Å². The van der Waals surface area contributed by atoms with Gasteiger partial charge in [0.1, 0.15) is 0 Å². The van der Waals surface area contributed by atoms with E-state index < -0.39 is 0 Å². The normalized spacial score (nSPS) is 10.5. The number of halogens is 2. The molecule has 78 valence electrons. The van der Waals surface area contributed by atoms with Gasteiger partial charge in [-0.15, -0.1) is 0 Å². The first-order valence-corrected chi connectivity index (χ1v) is 5.10. The molecule has 0 radical (unpaired) electrons. The van der Waals surface area contributed by atoms with Crippen LogP contribution in [0.3, 0.4) is 0 Å². The van der Waals surface area contributed by atoms with Crippen molar-refractivity contribution in [2.24, 2.45) is 0 Å². The summed E-state index contributed by atoms with van der Waals surface area (Å²) < 4.78 is 1.54. The number of H-pyrrole nitrogens is 1. The number of aromatic nitrogens is 2. The summed E-state index contributed by atoms with van der Waals surface area (Å²) in [6, 6.07) is 5.22. The molecule has 0 atom stereocenters. The Hall–Kier alpha value is -1.19. The van der Waals surface area contributed by atoms with Crippen LogP contribution in [0.2, 0.25) is 10.0 Å². The Bertz CT molecular complexity index is 530. The van der Waals surface area contributed by atoms with Crippen molar-refractivity contribution < 1.29 is 0 Å². The maximum atomic E-state index is 11.2. The molecule has 0 saturated heterocycles. The zero-order valence-electron chi connectivity index (χ0n) is 7.71. The maximum absolute atomic E-state index is 11.2. The second kappa shape index (κ2) is 4.13. The second-order valence-electron chi connectivity index (χ2n) is 3.13. The summed E-state index contributed by atoms with van der Waals surface area (Å²) in [5.74, 6) is 0. The van der Waals surface area contributed by atoms with E-state index in [0.29, 0.717) is 16.6 Å². The van der Waals surface area contributed by atoms with Crippen molar-refractivity contribution >= 4 is 23.2 Å². The topological polar surface area (TPSA) is 37.8 Å². The van der Waals surface area contributed by atoms with Crippen LogP contribution in [-0.4, -0.2) is 9.55 Å². The van der Waals surface area contributed by atoms with Crippen LogP contribution in [0.4, 0.5) is 0 Å². The minimum atomic E-state index is -0.152. The number of benzene rings is 1. The van der Waals surface area contributed by atoms with E-state index in [1.54, 1.807) is 24.5 Å². The summed E-state index contributed by atoms with van der Waals surface area (Å²) in [7, 11) is 0. The first-order valence-electron chi connectivity index (χ1n) is 4.34. The first-order chi connectivity index (χ1) is 7.16. The summed E-state index contributed by atoms with van der Waals surface area (Å²) in [4.78, 5) is 13.8. The highest BCUT2D eigenvalue weighted by molar-refractivity contribution is 6.35. The molecule has 0 aliphatic carbocycles. The summed E-state index contributed by atoms with van der Waals surface area (Å²) in [6.45, 7) is 0.443. The molecule has 0 unspecified atom stereocenters. The number of nitrogens with one attached hydrogen (secondary N) is 1. The van der Waals surface area contributed by atoms with Gasteiger partial charge in [-0.1, -0.05) is 29.3 Å². The van der Waals surface area contributed by atoms with Gasteiger partial charge in [0.15, 0.2) is 0 Å². The van der Waals surface area contributed by atoms with Gasteiger partial charge in [0, 0.05) is 22.4 Å². The van der Waals surface area contributed by atoms with Gasteiger partial charge in [-0.2, -0.15) is 0 Å². The maximum Gasteiger partial charge on any atom is 0.325 e. The van der Waals surface area contributed by atoms with Crippen molar-refractivity contribution in [3.8, 4) is 0 Å². The van der Waals surface area contributed by atoms with Crippen LogP contribution in [0.1, 0.15) is 5.56 Å². The summed E-state index contributed by atoms with van der Waals surface area (Å²) in [5, 5.41) is 1.15. The molecule has 15 heavy (non-hydrogen) atoms. The Labute approximate surface area is 96.3 Å². The SMILES string of the molecule is O=c1[nH]ccn1Cc1ccc(Cl)cc1Cl. The molecule has 1 heterocycles. The molecule has 5 heteroatoms. The van der Waals surface area contributed by atoms with Gasteiger partial charge in [0.2, 0.25) is 0 Å². The molecule has 0 fully saturated rings. The minimum absolute atomic E-state index is 0.152. The molecule has 0 spiro atoms. The molecule has 3 nitrogen and oxygen atoms in total. The fourth-order valence-corrected chi connectivity index (χ4v) is 1.78. The fraction of sp³-hybridized carbons (Fsp3) is 0.100. The zero-order chi connectivity index (χ0) is 10.8. The average molecular weight is 243 g/mol. The van der Waals surface area contributed by atoms with Crippen molar-refractivity contribution in [2.75, 3.05) is 0 Å². The monoisotopic (exact) mass is 242 g/mol. The molecule has 1 aromatic heterocycles. The molecule has 2 rings (SSSR count). The van der Waals surface area contributed by atoms with Gasteiger partial charge in [-0.25, -0.2) is 4.79 Å². The Morgan fingerprint density at radius 3 is 2.73 bits per heavy atom. The van der Waals surface area contributed by atoms with E-state index in [1.165, 1.54) is 4.57 Å². The standard InChI is InChI=1S/C10H8Cl2N2O/c11-8-2-1-7(9(12)5-8)6-14-4-3-13-10(14)15/h1-5H,6H2,(H,13,15). The van der Waals surface area contributed by atoms with Crippen LogP contribution in [0.5, 0.6) is 0 Å². The molecule has 0 aliphatic rings. The van der Waals surface area contributed by atoms with E-state index in [9.17, 15) is 4.79 Å². The smallest absolute Gasteiger partial charge is 0.313 e. The van der Waals surface area contributed by atoms with Gasteiger partial charge in [-0.05, 0) is 17.7 Å². The van der Waals surface area contributed by atoms with E-state index in [-0.39, 0.29) is 5.69 Å². The van der Waals surface area contributed by atoms with Crippen molar-refractivity contribution in [2.45, 2.75) is 6.54 Å². The number of imidazole rings is 1. The van der Waals surface area contributed by atoms with E-state index in [1.807, 2.05) is 6.07 Å². The highest BCUT2D eigenvalue weighted by Gasteiger charge is 2.03. The van der Waals surface area contributed by atoms with Crippen molar-refractivity contribution in [1.82, 2.24) is 9.55 Å². The van der Waals surface area contributed by atoms with Gasteiger partial charge >= 0.3 is 5.69 Å². The quantitative estimate of drug-likeness (QED) is 0.864. The second-order valence-corrected chi connectivity index (χ2v) is 3.97. The molecular weight excluding hydrogens is 235 g/mol.